The minimum atomic E-state index is -0.229. The van der Waals surface area contributed by atoms with Gasteiger partial charge in [-0.05, 0) is 19.1 Å². The highest BCUT2D eigenvalue weighted by molar-refractivity contribution is 5.74. The van der Waals surface area contributed by atoms with Crippen molar-refractivity contribution in [2.24, 2.45) is 0 Å². The number of imidazole rings is 1. The molecule has 4 heteroatoms. The maximum absolute atomic E-state index is 10.8. The van der Waals surface area contributed by atoms with E-state index in [9.17, 15) is 4.79 Å². The van der Waals surface area contributed by atoms with Crippen molar-refractivity contribution >= 4 is 17.0 Å². The number of rotatable bonds is 4. The van der Waals surface area contributed by atoms with E-state index < -0.39 is 0 Å². The van der Waals surface area contributed by atoms with Gasteiger partial charge in [-0.1, -0.05) is 12.1 Å². The molecule has 0 aliphatic heterocycles. The minimum absolute atomic E-state index is 0.0614. The van der Waals surface area contributed by atoms with Crippen LogP contribution in [0, 0.1) is 0 Å². The van der Waals surface area contributed by atoms with Crippen molar-refractivity contribution in [2.45, 2.75) is 32.9 Å². The number of para-hydroxylation sites is 2. The van der Waals surface area contributed by atoms with Gasteiger partial charge in [0.15, 0.2) is 0 Å². The molecule has 1 heterocycles. The van der Waals surface area contributed by atoms with Gasteiger partial charge in [0.1, 0.15) is 6.10 Å². The molecule has 1 atom stereocenters. The molecule has 0 aliphatic rings. The lowest BCUT2D eigenvalue weighted by Crippen LogP contribution is -2.14. The number of aromatic nitrogens is 2. The van der Waals surface area contributed by atoms with Crippen molar-refractivity contribution in [2.75, 3.05) is 0 Å². The quantitative estimate of drug-likeness (QED) is 0.760. The topological polar surface area (TPSA) is 44.1 Å². The molecule has 0 saturated heterocycles. The van der Waals surface area contributed by atoms with E-state index in [1.165, 1.54) is 6.92 Å². The van der Waals surface area contributed by atoms with Crippen LogP contribution in [0.15, 0.2) is 30.6 Å². The molecule has 0 amide bonds. The maximum Gasteiger partial charge on any atom is 0.302 e. The number of fused-ring (bicyclic) bond motifs is 1. The zero-order valence-electron chi connectivity index (χ0n) is 10.1. The van der Waals surface area contributed by atoms with Gasteiger partial charge in [-0.3, -0.25) is 4.79 Å². The molecule has 0 fully saturated rings. The van der Waals surface area contributed by atoms with Gasteiger partial charge in [-0.2, -0.15) is 0 Å². The number of carbonyl (C=O) groups excluding carboxylic acids is 1. The van der Waals surface area contributed by atoms with E-state index in [1.807, 2.05) is 37.5 Å². The summed E-state index contributed by atoms with van der Waals surface area (Å²) in [5.41, 5.74) is 2.11. The van der Waals surface area contributed by atoms with Gasteiger partial charge >= 0.3 is 5.97 Å². The van der Waals surface area contributed by atoms with Crippen molar-refractivity contribution in [1.29, 1.82) is 0 Å². The van der Waals surface area contributed by atoms with Crippen LogP contribution in [-0.2, 0) is 16.1 Å². The van der Waals surface area contributed by atoms with Crippen molar-refractivity contribution < 1.29 is 9.53 Å². The first kappa shape index (κ1) is 11.6. The maximum atomic E-state index is 10.8. The van der Waals surface area contributed by atoms with Gasteiger partial charge in [-0.25, -0.2) is 4.98 Å². The highest BCUT2D eigenvalue weighted by Crippen LogP contribution is 2.13. The van der Waals surface area contributed by atoms with Gasteiger partial charge in [0.25, 0.3) is 0 Å². The largest absolute Gasteiger partial charge is 0.463 e. The molecule has 4 nitrogen and oxygen atoms in total. The van der Waals surface area contributed by atoms with Crippen LogP contribution in [0.5, 0.6) is 0 Å². The Bertz CT molecular complexity index is 519. The van der Waals surface area contributed by atoms with Gasteiger partial charge in [0, 0.05) is 19.9 Å². The fourth-order valence-corrected chi connectivity index (χ4v) is 1.85. The molecule has 0 spiro atoms. The predicted molar refractivity (Wildman–Crippen MR) is 65.6 cm³/mol. The van der Waals surface area contributed by atoms with Crippen LogP contribution in [0.1, 0.15) is 20.3 Å². The third kappa shape index (κ3) is 2.84. The Labute approximate surface area is 100 Å². The second-order valence-electron chi connectivity index (χ2n) is 4.14. The molecule has 2 aromatic rings. The van der Waals surface area contributed by atoms with E-state index in [-0.39, 0.29) is 12.1 Å². The number of benzene rings is 1. The number of aryl methyl sites for hydroxylation is 1. The summed E-state index contributed by atoms with van der Waals surface area (Å²) in [6, 6.07) is 8.00. The van der Waals surface area contributed by atoms with Crippen LogP contribution in [0.3, 0.4) is 0 Å². The molecule has 0 N–H and O–H groups in total. The summed E-state index contributed by atoms with van der Waals surface area (Å²) < 4.78 is 7.17. The van der Waals surface area contributed by atoms with Crippen LogP contribution in [0.25, 0.3) is 11.0 Å². The van der Waals surface area contributed by atoms with E-state index in [0.717, 1.165) is 24.0 Å². The summed E-state index contributed by atoms with van der Waals surface area (Å²) in [7, 11) is 0. The van der Waals surface area contributed by atoms with Crippen LogP contribution in [-0.4, -0.2) is 21.6 Å². The Kier molecular flexibility index (Phi) is 3.42. The second-order valence-corrected chi connectivity index (χ2v) is 4.14. The van der Waals surface area contributed by atoms with E-state index >= 15 is 0 Å². The fraction of sp³-hybridized carbons (Fsp3) is 0.385. The monoisotopic (exact) mass is 232 g/mol. The van der Waals surface area contributed by atoms with Crippen LogP contribution < -0.4 is 0 Å². The number of nitrogens with zero attached hydrogens (tertiary/aromatic N) is 2. The summed E-state index contributed by atoms with van der Waals surface area (Å²) in [5, 5.41) is 0. The van der Waals surface area contributed by atoms with Crippen molar-refractivity contribution in [1.82, 2.24) is 9.55 Å². The third-order valence-corrected chi connectivity index (χ3v) is 2.67. The molecule has 0 unspecified atom stereocenters. The van der Waals surface area contributed by atoms with Crippen LogP contribution >= 0.6 is 0 Å². The lowest BCUT2D eigenvalue weighted by atomic mass is 10.2. The summed E-state index contributed by atoms with van der Waals surface area (Å²) in [4.78, 5) is 15.1. The minimum Gasteiger partial charge on any atom is -0.463 e. The Morgan fingerprint density at radius 1 is 1.47 bits per heavy atom. The molecule has 0 radical (unpaired) electrons. The van der Waals surface area contributed by atoms with Crippen molar-refractivity contribution in [3.63, 3.8) is 0 Å². The lowest BCUT2D eigenvalue weighted by molar-refractivity contribution is -0.145. The first-order valence-corrected chi connectivity index (χ1v) is 5.74. The van der Waals surface area contributed by atoms with E-state index in [2.05, 4.69) is 9.55 Å². The summed E-state index contributed by atoms with van der Waals surface area (Å²) >= 11 is 0. The summed E-state index contributed by atoms with van der Waals surface area (Å²) in [6.45, 7) is 4.14. The molecule has 2 rings (SSSR count). The standard InChI is InChI=1S/C13H16N2O2/c1-10(17-11(2)16)7-8-15-9-14-12-5-3-4-6-13(12)15/h3-6,9-10H,7-8H2,1-2H3/t10-/m1/s1. The van der Waals surface area contributed by atoms with Crippen molar-refractivity contribution in [3.8, 4) is 0 Å². The lowest BCUT2D eigenvalue weighted by Gasteiger charge is -2.12. The number of carbonyl (C=O) groups is 1. The van der Waals surface area contributed by atoms with Gasteiger partial charge < -0.3 is 9.30 Å². The highest BCUT2D eigenvalue weighted by Gasteiger charge is 2.07. The molecule has 90 valence electrons. The molecule has 0 saturated carbocycles. The molecular formula is C13H16N2O2. The Hall–Kier alpha value is -1.84. The summed E-state index contributed by atoms with van der Waals surface area (Å²) in [5.74, 6) is -0.229. The molecular weight excluding hydrogens is 216 g/mol. The SMILES string of the molecule is CC(=O)O[C@H](C)CCn1cnc2ccccc21. The van der Waals surface area contributed by atoms with Gasteiger partial charge in [0.2, 0.25) is 0 Å². The normalized spacial score (nSPS) is 12.6. The van der Waals surface area contributed by atoms with Crippen molar-refractivity contribution in [3.05, 3.63) is 30.6 Å². The Balaban J connectivity index is 2.02. The first-order chi connectivity index (χ1) is 8.16. The molecule has 1 aromatic carbocycles. The number of hydrogen-bond donors (Lipinski definition) is 0. The molecule has 1 aromatic heterocycles. The second kappa shape index (κ2) is 4.99. The molecule has 17 heavy (non-hydrogen) atoms. The number of hydrogen-bond acceptors (Lipinski definition) is 3. The highest BCUT2D eigenvalue weighted by atomic mass is 16.5. The number of ether oxygens (including phenoxy) is 1. The zero-order valence-corrected chi connectivity index (χ0v) is 10.1. The Morgan fingerprint density at radius 2 is 2.24 bits per heavy atom. The predicted octanol–water partition coefficient (Wildman–Crippen LogP) is 2.38. The summed E-state index contributed by atoms with van der Waals surface area (Å²) in [6.07, 6.45) is 2.55. The van der Waals surface area contributed by atoms with Gasteiger partial charge in [-0.15, -0.1) is 0 Å². The molecule has 0 aliphatic carbocycles. The van der Waals surface area contributed by atoms with E-state index in [0.29, 0.717) is 0 Å². The number of esters is 1. The van der Waals surface area contributed by atoms with E-state index in [1.54, 1.807) is 0 Å². The molecule has 0 bridgehead atoms. The van der Waals surface area contributed by atoms with Crippen LogP contribution in [0.2, 0.25) is 0 Å². The zero-order chi connectivity index (χ0) is 12.3. The van der Waals surface area contributed by atoms with E-state index in [4.69, 9.17) is 4.74 Å². The average molecular weight is 232 g/mol. The third-order valence-electron chi connectivity index (χ3n) is 2.67. The fourth-order valence-electron chi connectivity index (χ4n) is 1.85. The first-order valence-electron chi connectivity index (χ1n) is 5.74. The average Bonchev–Trinajstić information content (AvgIpc) is 2.69. The smallest absolute Gasteiger partial charge is 0.302 e. The van der Waals surface area contributed by atoms with Gasteiger partial charge in [0.05, 0.1) is 17.4 Å². The van der Waals surface area contributed by atoms with Crippen LogP contribution in [0.4, 0.5) is 0 Å². The Morgan fingerprint density at radius 3 is 3.00 bits per heavy atom.